The highest BCUT2D eigenvalue weighted by Crippen LogP contribution is 2.30. The van der Waals surface area contributed by atoms with Crippen molar-refractivity contribution in [3.05, 3.63) is 88.4 Å². The van der Waals surface area contributed by atoms with Crippen LogP contribution in [0.15, 0.2) is 71.9 Å². The Kier molecular flexibility index (Phi) is 6.93. The molecular weight excluding hydrogens is 442 g/mol. The number of benzene rings is 3. The Bertz CT molecular complexity index is 1260. The zero-order valence-electron chi connectivity index (χ0n) is 17.8. The molecule has 0 aliphatic carbocycles. The molecule has 3 aromatic carbocycles. The van der Waals surface area contributed by atoms with Gasteiger partial charge in [-0.3, -0.25) is 4.79 Å². The van der Waals surface area contributed by atoms with Crippen molar-refractivity contribution in [3.63, 3.8) is 0 Å². The van der Waals surface area contributed by atoms with E-state index in [4.69, 9.17) is 26.3 Å². The molecule has 0 saturated heterocycles. The van der Waals surface area contributed by atoms with E-state index in [1.807, 2.05) is 60.7 Å². The summed E-state index contributed by atoms with van der Waals surface area (Å²) in [5.41, 5.74) is 3.56. The number of ketones is 1. The Balaban J connectivity index is 1.59. The number of hydrogen-bond donors (Lipinski definition) is 1. The van der Waals surface area contributed by atoms with Crippen LogP contribution in [0.3, 0.4) is 0 Å². The largest absolute Gasteiger partial charge is 0.496 e. The number of nitrogens with one attached hydrogen (secondary N) is 1. The fourth-order valence-corrected chi connectivity index (χ4v) is 4.25. The number of rotatable bonds is 8. The predicted molar refractivity (Wildman–Crippen MR) is 131 cm³/mol. The number of halogens is 1. The van der Waals surface area contributed by atoms with Crippen LogP contribution in [-0.2, 0) is 12.3 Å². The number of hydrogen-bond acceptors (Lipinski definition) is 6. The number of para-hydroxylation sites is 1. The molecule has 162 valence electrons. The SMILES string of the molecule is COc1ccc(C(C)=O)cc1CSc1nc(NCc2ccc(Cl)cc2)c2ccccc2n1. The Morgan fingerprint density at radius 3 is 2.59 bits per heavy atom. The summed E-state index contributed by atoms with van der Waals surface area (Å²) in [5, 5.41) is 5.75. The minimum Gasteiger partial charge on any atom is -0.496 e. The van der Waals surface area contributed by atoms with Gasteiger partial charge in [-0.05, 0) is 55.0 Å². The summed E-state index contributed by atoms with van der Waals surface area (Å²) in [7, 11) is 1.63. The molecule has 0 saturated carbocycles. The highest BCUT2D eigenvalue weighted by atomic mass is 35.5. The van der Waals surface area contributed by atoms with E-state index in [0.717, 1.165) is 33.6 Å². The topological polar surface area (TPSA) is 64.1 Å². The second-order valence-corrected chi connectivity index (χ2v) is 8.60. The number of ether oxygens (including phenoxy) is 1. The molecule has 4 rings (SSSR count). The molecule has 1 heterocycles. The standard InChI is InChI=1S/C25H22ClN3O2S/c1-16(30)18-9-12-23(31-2)19(13-18)15-32-25-28-22-6-4-3-5-21(22)24(29-25)27-14-17-7-10-20(26)11-8-17/h3-13H,14-15H2,1-2H3,(H,27,28,29). The molecule has 0 atom stereocenters. The van der Waals surface area contributed by atoms with Crippen molar-refractivity contribution < 1.29 is 9.53 Å². The van der Waals surface area contributed by atoms with Gasteiger partial charge < -0.3 is 10.1 Å². The second kappa shape index (κ2) is 10.0. The number of Topliss-reactive ketones (excluding diaryl/α,β-unsaturated/α-hetero) is 1. The van der Waals surface area contributed by atoms with Gasteiger partial charge in [0, 0.05) is 33.8 Å². The lowest BCUT2D eigenvalue weighted by atomic mass is 10.1. The van der Waals surface area contributed by atoms with Crippen LogP contribution in [0, 0.1) is 0 Å². The van der Waals surface area contributed by atoms with Crippen molar-refractivity contribution in [1.29, 1.82) is 0 Å². The maximum atomic E-state index is 11.8. The van der Waals surface area contributed by atoms with Crippen LogP contribution >= 0.6 is 23.4 Å². The number of nitrogens with zero attached hydrogens (tertiary/aromatic N) is 2. The fraction of sp³-hybridized carbons (Fsp3) is 0.160. The van der Waals surface area contributed by atoms with Crippen molar-refractivity contribution in [3.8, 4) is 5.75 Å². The number of fused-ring (bicyclic) bond motifs is 1. The van der Waals surface area contributed by atoms with E-state index in [2.05, 4.69) is 5.32 Å². The molecule has 32 heavy (non-hydrogen) atoms. The maximum absolute atomic E-state index is 11.8. The number of anilines is 1. The van der Waals surface area contributed by atoms with Gasteiger partial charge in [-0.15, -0.1) is 0 Å². The van der Waals surface area contributed by atoms with Gasteiger partial charge >= 0.3 is 0 Å². The molecule has 0 fully saturated rings. The quantitative estimate of drug-likeness (QED) is 0.185. The van der Waals surface area contributed by atoms with Crippen molar-refractivity contribution in [2.24, 2.45) is 0 Å². The number of methoxy groups -OCH3 is 1. The zero-order chi connectivity index (χ0) is 22.5. The van der Waals surface area contributed by atoms with Crippen molar-refractivity contribution in [2.45, 2.75) is 24.4 Å². The van der Waals surface area contributed by atoms with Crippen LogP contribution in [0.2, 0.25) is 5.02 Å². The van der Waals surface area contributed by atoms with E-state index in [-0.39, 0.29) is 5.78 Å². The number of carbonyl (C=O) groups is 1. The van der Waals surface area contributed by atoms with Crippen molar-refractivity contribution in [1.82, 2.24) is 9.97 Å². The third-order valence-corrected chi connectivity index (χ3v) is 6.15. The van der Waals surface area contributed by atoms with Crippen molar-refractivity contribution in [2.75, 3.05) is 12.4 Å². The van der Waals surface area contributed by atoms with Crippen LogP contribution in [0.5, 0.6) is 5.75 Å². The Morgan fingerprint density at radius 2 is 1.84 bits per heavy atom. The number of aromatic nitrogens is 2. The van der Waals surface area contributed by atoms with Crippen LogP contribution in [-0.4, -0.2) is 22.9 Å². The first kappa shape index (κ1) is 22.1. The highest BCUT2D eigenvalue weighted by Gasteiger charge is 2.12. The van der Waals surface area contributed by atoms with Gasteiger partial charge in [-0.1, -0.05) is 47.6 Å². The van der Waals surface area contributed by atoms with Crippen LogP contribution < -0.4 is 10.1 Å². The molecule has 0 unspecified atom stereocenters. The third kappa shape index (κ3) is 5.21. The number of thioether (sulfide) groups is 1. The zero-order valence-corrected chi connectivity index (χ0v) is 19.3. The van der Waals surface area contributed by atoms with Crippen LogP contribution in [0.1, 0.15) is 28.4 Å². The Hall–Kier alpha value is -3.09. The highest BCUT2D eigenvalue weighted by molar-refractivity contribution is 7.98. The molecule has 0 aliphatic rings. The van der Waals surface area contributed by atoms with Crippen molar-refractivity contribution >= 4 is 45.9 Å². The van der Waals surface area contributed by atoms with E-state index in [9.17, 15) is 4.79 Å². The molecule has 0 amide bonds. The van der Waals surface area contributed by atoms with E-state index in [0.29, 0.717) is 28.0 Å². The van der Waals surface area contributed by atoms with Gasteiger partial charge in [-0.25, -0.2) is 9.97 Å². The van der Waals surface area contributed by atoms with Gasteiger partial charge in [0.15, 0.2) is 10.9 Å². The Labute approximate surface area is 196 Å². The summed E-state index contributed by atoms with van der Waals surface area (Å²) in [6.07, 6.45) is 0. The summed E-state index contributed by atoms with van der Waals surface area (Å²) in [6.45, 7) is 2.18. The average molecular weight is 464 g/mol. The Morgan fingerprint density at radius 1 is 1.06 bits per heavy atom. The minimum atomic E-state index is 0.0227. The molecule has 1 N–H and O–H groups in total. The second-order valence-electron chi connectivity index (χ2n) is 7.22. The average Bonchev–Trinajstić information content (AvgIpc) is 2.82. The summed E-state index contributed by atoms with van der Waals surface area (Å²) in [4.78, 5) is 21.3. The first-order chi connectivity index (χ1) is 15.5. The summed E-state index contributed by atoms with van der Waals surface area (Å²) in [6, 6.07) is 21.1. The lowest BCUT2D eigenvalue weighted by Gasteiger charge is -2.12. The lowest BCUT2D eigenvalue weighted by molar-refractivity contribution is 0.101. The normalized spacial score (nSPS) is 10.8. The molecule has 0 spiro atoms. The van der Waals surface area contributed by atoms with Gasteiger partial charge in [-0.2, -0.15) is 0 Å². The molecular formula is C25H22ClN3O2S. The number of carbonyl (C=O) groups excluding carboxylic acids is 1. The molecule has 5 nitrogen and oxygen atoms in total. The van der Waals surface area contributed by atoms with Crippen LogP contribution in [0.4, 0.5) is 5.82 Å². The summed E-state index contributed by atoms with van der Waals surface area (Å²) < 4.78 is 5.47. The predicted octanol–water partition coefficient (Wildman–Crippen LogP) is 6.40. The monoisotopic (exact) mass is 463 g/mol. The molecule has 7 heteroatoms. The minimum absolute atomic E-state index is 0.0227. The van der Waals surface area contributed by atoms with Crippen LogP contribution in [0.25, 0.3) is 10.9 Å². The first-order valence-corrected chi connectivity index (χ1v) is 11.5. The van der Waals surface area contributed by atoms with E-state index in [1.165, 1.54) is 11.8 Å². The van der Waals surface area contributed by atoms with E-state index >= 15 is 0 Å². The van der Waals surface area contributed by atoms with E-state index < -0.39 is 0 Å². The molecule has 4 aromatic rings. The first-order valence-electron chi connectivity index (χ1n) is 10.1. The fourth-order valence-electron chi connectivity index (χ4n) is 3.30. The van der Waals surface area contributed by atoms with Gasteiger partial charge in [0.05, 0.1) is 12.6 Å². The molecule has 0 radical (unpaired) electrons. The summed E-state index contributed by atoms with van der Waals surface area (Å²) in [5.74, 6) is 2.12. The van der Waals surface area contributed by atoms with Gasteiger partial charge in [0.1, 0.15) is 11.6 Å². The third-order valence-electron chi connectivity index (χ3n) is 5.00. The molecule has 0 aliphatic heterocycles. The van der Waals surface area contributed by atoms with E-state index in [1.54, 1.807) is 20.1 Å². The molecule has 0 bridgehead atoms. The summed E-state index contributed by atoms with van der Waals surface area (Å²) >= 11 is 7.50. The maximum Gasteiger partial charge on any atom is 0.190 e. The lowest BCUT2D eigenvalue weighted by Crippen LogP contribution is -2.04. The van der Waals surface area contributed by atoms with Gasteiger partial charge in [0.2, 0.25) is 0 Å². The molecule has 1 aromatic heterocycles. The smallest absolute Gasteiger partial charge is 0.190 e. The van der Waals surface area contributed by atoms with Gasteiger partial charge in [0.25, 0.3) is 0 Å².